The van der Waals surface area contributed by atoms with Crippen LogP contribution in [0, 0.1) is 5.92 Å². The lowest BCUT2D eigenvalue weighted by Gasteiger charge is -2.37. The summed E-state index contributed by atoms with van der Waals surface area (Å²) in [5.41, 5.74) is 6.47. The van der Waals surface area contributed by atoms with Crippen molar-refractivity contribution in [3.05, 3.63) is 52.6 Å². The summed E-state index contributed by atoms with van der Waals surface area (Å²) in [6.07, 6.45) is 5.20. The molecule has 200 valence electrons. The number of carbonyl (C=O) groups excluding carboxylic acids is 2. The van der Waals surface area contributed by atoms with Gasteiger partial charge in [-0.2, -0.15) is 4.98 Å². The average Bonchev–Trinajstić information content (AvgIpc) is 2.87. The first-order chi connectivity index (χ1) is 17.6. The van der Waals surface area contributed by atoms with Crippen molar-refractivity contribution in [3.63, 3.8) is 0 Å². The Bertz CT molecular complexity index is 1150. The van der Waals surface area contributed by atoms with Crippen LogP contribution in [0.25, 0.3) is 5.69 Å². The average molecular weight is 510 g/mol. The smallest absolute Gasteiger partial charge is 0.338 e. The molecule has 1 aromatic heterocycles. The van der Waals surface area contributed by atoms with Gasteiger partial charge in [-0.25, -0.2) is 9.59 Å². The second-order valence-electron chi connectivity index (χ2n) is 10.9. The number of carbonyl (C=O) groups is 2. The molecule has 1 aromatic carbocycles. The number of piperidine rings is 1. The molecule has 0 unspecified atom stereocenters. The van der Waals surface area contributed by atoms with Crippen LogP contribution in [0.3, 0.4) is 0 Å². The van der Waals surface area contributed by atoms with E-state index in [-0.39, 0.29) is 17.8 Å². The number of nitrogens with one attached hydrogen (secondary N) is 1. The first-order valence-corrected chi connectivity index (χ1v) is 13.2. The number of amides is 3. The van der Waals surface area contributed by atoms with Gasteiger partial charge < -0.3 is 20.4 Å². The fourth-order valence-electron chi connectivity index (χ4n) is 4.98. The summed E-state index contributed by atoms with van der Waals surface area (Å²) in [7, 11) is 0. The Morgan fingerprint density at radius 2 is 1.73 bits per heavy atom. The van der Waals surface area contributed by atoms with Crippen LogP contribution in [0.1, 0.15) is 39.2 Å². The number of anilines is 1. The number of rotatable bonds is 6. The van der Waals surface area contributed by atoms with E-state index in [1.165, 1.54) is 36.1 Å². The summed E-state index contributed by atoms with van der Waals surface area (Å²) in [5.74, 6) is 0.829. The van der Waals surface area contributed by atoms with Gasteiger partial charge in [0.2, 0.25) is 5.91 Å². The number of nitrogens with zero attached hydrogens (tertiary/aromatic N) is 5. The predicted octanol–water partition coefficient (Wildman–Crippen LogP) is 1.92. The van der Waals surface area contributed by atoms with Crippen LogP contribution >= 0.6 is 0 Å². The molecule has 2 aliphatic heterocycles. The molecule has 2 aliphatic rings. The standard InChI is InChI=1S/C27H39N7O3/c1-20-5-4-12-31(19-20)13-10-21-6-8-22(9-7-21)34-14-11-23(30-26(34)37)29-25(36)33-17-15-32(16-18-33)24(35)27(2,3)28/h6-9,11,14,20H,4-5,10,12-13,15-19,28H2,1-3H3,(H,29,30,36,37)/t20-/m0/s1. The zero-order chi connectivity index (χ0) is 26.6. The van der Waals surface area contributed by atoms with Gasteiger partial charge in [0.25, 0.3) is 0 Å². The summed E-state index contributed by atoms with van der Waals surface area (Å²) in [4.78, 5) is 47.5. The minimum atomic E-state index is -0.940. The number of urea groups is 1. The topological polar surface area (TPSA) is 117 Å². The van der Waals surface area contributed by atoms with Crippen molar-refractivity contribution in [2.45, 2.75) is 45.6 Å². The zero-order valence-electron chi connectivity index (χ0n) is 22.2. The van der Waals surface area contributed by atoms with E-state index >= 15 is 0 Å². The van der Waals surface area contributed by atoms with Crippen LogP contribution in [-0.2, 0) is 11.2 Å². The third-order valence-corrected chi connectivity index (χ3v) is 7.12. The third kappa shape index (κ3) is 6.95. The second kappa shape index (κ2) is 11.4. The van der Waals surface area contributed by atoms with Crippen molar-refractivity contribution < 1.29 is 9.59 Å². The number of hydrogen-bond donors (Lipinski definition) is 2. The predicted molar refractivity (Wildman–Crippen MR) is 144 cm³/mol. The van der Waals surface area contributed by atoms with Crippen LogP contribution in [-0.4, -0.2) is 87.5 Å². The molecule has 0 radical (unpaired) electrons. The molecule has 10 heteroatoms. The van der Waals surface area contributed by atoms with Gasteiger partial charge in [0.05, 0.1) is 11.2 Å². The summed E-state index contributed by atoms with van der Waals surface area (Å²) in [6, 6.07) is 9.23. The number of aromatic nitrogens is 2. The monoisotopic (exact) mass is 509 g/mol. The van der Waals surface area contributed by atoms with Gasteiger partial charge >= 0.3 is 11.7 Å². The van der Waals surface area contributed by atoms with E-state index in [0.717, 1.165) is 24.6 Å². The number of nitrogens with two attached hydrogens (primary N) is 1. The molecular weight excluding hydrogens is 470 g/mol. The molecule has 2 saturated heterocycles. The van der Waals surface area contributed by atoms with Gasteiger partial charge in [0, 0.05) is 45.5 Å². The van der Waals surface area contributed by atoms with Crippen molar-refractivity contribution in [3.8, 4) is 5.69 Å². The summed E-state index contributed by atoms with van der Waals surface area (Å²) in [6.45, 7) is 10.7. The fraction of sp³-hybridized carbons (Fsp3) is 0.556. The van der Waals surface area contributed by atoms with E-state index < -0.39 is 11.2 Å². The Hall–Kier alpha value is -3.24. The maximum atomic E-state index is 12.7. The Labute approximate surface area is 218 Å². The van der Waals surface area contributed by atoms with Crippen LogP contribution in [0.2, 0.25) is 0 Å². The lowest BCUT2D eigenvalue weighted by molar-refractivity contribution is -0.137. The van der Waals surface area contributed by atoms with Gasteiger partial charge in [-0.15, -0.1) is 0 Å². The van der Waals surface area contributed by atoms with Crippen molar-refractivity contribution >= 4 is 17.8 Å². The molecule has 0 saturated carbocycles. The summed E-state index contributed by atoms with van der Waals surface area (Å²) < 4.78 is 1.46. The number of hydrogen-bond acceptors (Lipinski definition) is 6. The third-order valence-electron chi connectivity index (χ3n) is 7.12. The van der Waals surface area contributed by atoms with Gasteiger partial charge in [-0.1, -0.05) is 19.1 Å². The highest BCUT2D eigenvalue weighted by Crippen LogP contribution is 2.17. The second-order valence-corrected chi connectivity index (χ2v) is 10.9. The van der Waals surface area contributed by atoms with Crippen molar-refractivity contribution in [2.75, 3.05) is 51.1 Å². The fourth-order valence-corrected chi connectivity index (χ4v) is 4.98. The minimum absolute atomic E-state index is 0.137. The molecule has 1 atom stereocenters. The molecule has 3 heterocycles. The van der Waals surface area contributed by atoms with Gasteiger partial charge in [0.15, 0.2) is 0 Å². The number of benzene rings is 1. The number of likely N-dealkylation sites (tertiary alicyclic amines) is 1. The lowest BCUT2D eigenvalue weighted by atomic mass is 10.00. The Morgan fingerprint density at radius 1 is 1.05 bits per heavy atom. The molecule has 0 spiro atoms. The largest absolute Gasteiger partial charge is 0.354 e. The molecule has 0 bridgehead atoms. The van der Waals surface area contributed by atoms with Crippen LogP contribution in [0.15, 0.2) is 41.3 Å². The molecule has 4 rings (SSSR count). The maximum absolute atomic E-state index is 12.7. The van der Waals surface area contributed by atoms with Crippen LogP contribution in [0.5, 0.6) is 0 Å². The molecule has 0 aliphatic carbocycles. The van der Waals surface area contributed by atoms with Crippen molar-refractivity contribution in [1.82, 2.24) is 24.3 Å². The van der Waals surface area contributed by atoms with Crippen molar-refractivity contribution in [2.24, 2.45) is 11.7 Å². The summed E-state index contributed by atoms with van der Waals surface area (Å²) >= 11 is 0. The zero-order valence-corrected chi connectivity index (χ0v) is 22.2. The highest BCUT2D eigenvalue weighted by atomic mass is 16.2. The van der Waals surface area contributed by atoms with Gasteiger partial charge in [-0.05, 0) is 69.3 Å². The lowest BCUT2D eigenvalue weighted by Crippen LogP contribution is -2.58. The van der Waals surface area contributed by atoms with Crippen LogP contribution in [0.4, 0.5) is 10.6 Å². The van der Waals surface area contributed by atoms with Gasteiger partial charge in [-0.3, -0.25) is 14.7 Å². The molecule has 2 fully saturated rings. The SMILES string of the molecule is C[C@H]1CCCN(CCc2ccc(-n3ccc(NC(=O)N4CCN(C(=O)C(C)(C)N)CC4)nc3=O)cc2)C1. The Kier molecular flexibility index (Phi) is 8.29. The van der Waals surface area contributed by atoms with E-state index in [1.807, 2.05) is 12.1 Å². The van der Waals surface area contributed by atoms with E-state index in [0.29, 0.717) is 26.2 Å². The highest BCUT2D eigenvalue weighted by Gasteiger charge is 2.31. The first kappa shape index (κ1) is 26.8. The van der Waals surface area contributed by atoms with Crippen LogP contribution < -0.4 is 16.7 Å². The van der Waals surface area contributed by atoms with E-state index in [2.05, 4.69) is 34.3 Å². The number of piperazine rings is 1. The minimum Gasteiger partial charge on any atom is -0.338 e. The Balaban J connectivity index is 1.30. The first-order valence-electron chi connectivity index (χ1n) is 13.2. The van der Waals surface area contributed by atoms with E-state index in [1.54, 1.807) is 35.9 Å². The highest BCUT2D eigenvalue weighted by molar-refractivity contribution is 5.89. The molecule has 37 heavy (non-hydrogen) atoms. The molecule has 3 amide bonds. The summed E-state index contributed by atoms with van der Waals surface area (Å²) in [5, 5.41) is 2.70. The van der Waals surface area contributed by atoms with E-state index in [4.69, 9.17) is 5.73 Å². The van der Waals surface area contributed by atoms with Gasteiger partial charge in [0.1, 0.15) is 5.82 Å². The molecule has 3 N–H and O–H groups in total. The molecular formula is C27H39N7O3. The molecule has 10 nitrogen and oxygen atoms in total. The quantitative estimate of drug-likeness (QED) is 0.615. The van der Waals surface area contributed by atoms with Crippen molar-refractivity contribution in [1.29, 1.82) is 0 Å². The normalized spacial score (nSPS) is 19.1. The Morgan fingerprint density at radius 3 is 2.35 bits per heavy atom. The maximum Gasteiger partial charge on any atom is 0.354 e. The molecule has 2 aromatic rings. The van der Waals surface area contributed by atoms with E-state index in [9.17, 15) is 14.4 Å².